The summed E-state index contributed by atoms with van der Waals surface area (Å²) in [6.07, 6.45) is 3.38. The molecule has 0 unspecified atom stereocenters. The number of fused-ring (bicyclic) bond motifs is 1. The fourth-order valence-electron chi connectivity index (χ4n) is 2.31. The van der Waals surface area contributed by atoms with E-state index in [0.717, 1.165) is 45.7 Å². The van der Waals surface area contributed by atoms with Gasteiger partial charge in [-0.3, -0.25) is 0 Å². The van der Waals surface area contributed by atoms with Crippen LogP contribution < -0.4 is 10.6 Å². The molecule has 18 heavy (non-hydrogen) atoms. The molecule has 0 spiro atoms. The summed E-state index contributed by atoms with van der Waals surface area (Å²) in [4.78, 5) is 0. The molecule has 0 atom stereocenters. The van der Waals surface area contributed by atoms with Crippen LogP contribution in [-0.4, -0.2) is 32.8 Å². The van der Waals surface area contributed by atoms with Gasteiger partial charge < -0.3 is 15.4 Å². The molecule has 3 nitrogen and oxygen atoms in total. The zero-order valence-electron chi connectivity index (χ0n) is 11.3. The zero-order valence-corrected chi connectivity index (χ0v) is 11.3. The Balaban J connectivity index is 1.62. The second-order valence-corrected chi connectivity index (χ2v) is 4.72. The van der Waals surface area contributed by atoms with E-state index in [1.807, 2.05) is 6.92 Å². The lowest BCUT2D eigenvalue weighted by molar-refractivity contribution is 0.145. The second-order valence-electron chi connectivity index (χ2n) is 4.72. The Morgan fingerprint density at radius 2 is 2.28 bits per heavy atom. The summed E-state index contributed by atoms with van der Waals surface area (Å²) < 4.78 is 5.30. The minimum atomic E-state index is 0.823. The molecular formula is C15H24N2O. The molecule has 1 aliphatic rings. The first kappa shape index (κ1) is 13.4. The maximum Gasteiger partial charge on any atom is 0.0477 e. The lowest BCUT2D eigenvalue weighted by Crippen LogP contribution is -2.19. The largest absolute Gasteiger partial charge is 0.384 e. The van der Waals surface area contributed by atoms with E-state index in [1.165, 1.54) is 23.2 Å². The standard InChI is InChI=1S/C15H24N2O/c1-2-18-11-3-8-16-9-6-13-4-5-15-14(12-13)7-10-17-15/h4-5,12,16-17H,2-3,6-11H2,1H3. The fourth-order valence-corrected chi connectivity index (χ4v) is 2.31. The summed E-state index contributed by atoms with van der Waals surface area (Å²) >= 11 is 0. The minimum absolute atomic E-state index is 0.823. The van der Waals surface area contributed by atoms with Crippen molar-refractivity contribution in [2.75, 3.05) is 38.2 Å². The first-order valence-electron chi connectivity index (χ1n) is 7.04. The van der Waals surface area contributed by atoms with Crippen molar-refractivity contribution < 1.29 is 4.74 Å². The van der Waals surface area contributed by atoms with Gasteiger partial charge in [0.1, 0.15) is 0 Å². The normalized spacial score (nSPS) is 13.4. The van der Waals surface area contributed by atoms with Gasteiger partial charge in [-0.2, -0.15) is 0 Å². The second kappa shape index (κ2) is 7.39. The first-order chi connectivity index (χ1) is 8.90. The van der Waals surface area contributed by atoms with Gasteiger partial charge in [-0.1, -0.05) is 12.1 Å². The fraction of sp³-hybridized carbons (Fsp3) is 0.600. The topological polar surface area (TPSA) is 33.3 Å². The van der Waals surface area contributed by atoms with Crippen molar-refractivity contribution in [1.82, 2.24) is 5.32 Å². The molecule has 0 bridgehead atoms. The average Bonchev–Trinajstić information content (AvgIpc) is 2.85. The highest BCUT2D eigenvalue weighted by Gasteiger charge is 2.09. The lowest BCUT2D eigenvalue weighted by Gasteiger charge is -2.07. The number of anilines is 1. The molecule has 1 heterocycles. The Hall–Kier alpha value is -1.06. The summed E-state index contributed by atoms with van der Waals surface area (Å²) in [7, 11) is 0. The van der Waals surface area contributed by atoms with Gasteiger partial charge in [-0.15, -0.1) is 0 Å². The molecule has 0 amide bonds. The number of benzene rings is 1. The molecule has 0 radical (unpaired) electrons. The van der Waals surface area contributed by atoms with E-state index in [2.05, 4.69) is 28.8 Å². The third-order valence-electron chi connectivity index (χ3n) is 3.32. The maximum atomic E-state index is 5.30. The van der Waals surface area contributed by atoms with E-state index < -0.39 is 0 Å². The molecule has 1 aromatic rings. The van der Waals surface area contributed by atoms with Crippen LogP contribution in [0.3, 0.4) is 0 Å². The number of hydrogen-bond donors (Lipinski definition) is 2. The molecule has 3 heteroatoms. The van der Waals surface area contributed by atoms with E-state index in [4.69, 9.17) is 4.74 Å². The molecule has 0 saturated heterocycles. The molecule has 1 aromatic carbocycles. The van der Waals surface area contributed by atoms with Gasteiger partial charge >= 0.3 is 0 Å². The number of nitrogens with one attached hydrogen (secondary N) is 2. The van der Waals surface area contributed by atoms with Crippen molar-refractivity contribution in [3.8, 4) is 0 Å². The molecule has 0 aromatic heterocycles. The summed E-state index contributed by atoms with van der Waals surface area (Å²) in [6, 6.07) is 6.79. The Morgan fingerprint density at radius 3 is 3.17 bits per heavy atom. The molecule has 2 N–H and O–H groups in total. The van der Waals surface area contributed by atoms with Gasteiger partial charge in [0.25, 0.3) is 0 Å². The van der Waals surface area contributed by atoms with Gasteiger partial charge in [-0.05, 0) is 56.5 Å². The average molecular weight is 248 g/mol. The summed E-state index contributed by atoms with van der Waals surface area (Å²) in [5.41, 5.74) is 4.24. The first-order valence-corrected chi connectivity index (χ1v) is 7.04. The third-order valence-corrected chi connectivity index (χ3v) is 3.32. The van der Waals surface area contributed by atoms with E-state index in [9.17, 15) is 0 Å². The Kier molecular flexibility index (Phi) is 5.49. The lowest BCUT2D eigenvalue weighted by atomic mass is 10.1. The zero-order chi connectivity index (χ0) is 12.6. The number of ether oxygens (including phenoxy) is 1. The maximum absolute atomic E-state index is 5.30. The van der Waals surface area contributed by atoms with E-state index >= 15 is 0 Å². The highest BCUT2D eigenvalue weighted by molar-refractivity contribution is 5.56. The van der Waals surface area contributed by atoms with Crippen LogP contribution in [0.15, 0.2) is 18.2 Å². The predicted molar refractivity (Wildman–Crippen MR) is 76.3 cm³/mol. The SMILES string of the molecule is CCOCCCNCCc1ccc2c(c1)CCN2. The monoisotopic (exact) mass is 248 g/mol. The molecule has 0 fully saturated rings. The van der Waals surface area contributed by atoms with Crippen LogP contribution in [0.2, 0.25) is 0 Å². The summed E-state index contributed by atoms with van der Waals surface area (Å²) in [6.45, 7) is 6.92. The summed E-state index contributed by atoms with van der Waals surface area (Å²) in [5, 5.41) is 6.86. The van der Waals surface area contributed by atoms with Crippen molar-refractivity contribution in [3.63, 3.8) is 0 Å². The highest BCUT2D eigenvalue weighted by Crippen LogP contribution is 2.22. The smallest absolute Gasteiger partial charge is 0.0477 e. The third kappa shape index (κ3) is 4.00. The van der Waals surface area contributed by atoms with Crippen LogP contribution in [0.4, 0.5) is 5.69 Å². The van der Waals surface area contributed by atoms with Crippen molar-refractivity contribution in [2.45, 2.75) is 26.2 Å². The van der Waals surface area contributed by atoms with Crippen LogP contribution in [0, 0.1) is 0 Å². The van der Waals surface area contributed by atoms with Gasteiger partial charge in [0, 0.05) is 25.4 Å². The van der Waals surface area contributed by atoms with Crippen molar-refractivity contribution in [2.24, 2.45) is 0 Å². The van der Waals surface area contributed by atoms with Crippen molar-refractivity contribution >= 4 is 5.69 Å². The number of hydrogen-bond acceptors (Lipinski definition) is 3. The molecular weight excluding hydrogens is 224 g/mol. The van der Waals surface area contributed by atoms with Crippen LogP contribution in [-0.2, 0) is 17.6 Å². The van der Waals surface area contributed by atoms with Crippen LogP contribution in [0.1, 0.15) is 24.5 Å². The molecule has 0 aliphatic carbocycles. The summed E-state index contributed by atoms with van der Waals surface area (Å²) in [5.74, 6) is 0. The predicted octanol–water partition coefficient (Wildman–Crippen LogP) is 2.21. The van der Waals surface area contributed by atoms with E-state index in [-0.39, 0.29) is 0 Å². The van der Waals surface area contributed by atoms with Gasteiger partial charge in [0.2, 0.25) is 0 Å². The quantitative estimate of drug-likeness (QED) is 0.692. The Bertz CT molecular complexity index is 366. The van der Waals surface area contributed by atoms with Crippen molar-refractivity contribution in [3.05, 3.63) is 29.3 Å². The van der Waals surface area contributed by atoms with Crippen LogP contribution in [0.25, 0.3) is 0 Å². The van der Waals surface area contributed by atoms with Gasteiger partial charge in [0.15, 0.2) is 0 Å². The highest BCUT2D eigenvalue weighted by atomic mass is 16.5. The van der Waals surface area contributed by atoms with E-state index in [1.54, 1.807) is 0 Å². The Labute approximate surface area is 110 Å². The van der Waals surface area contributed by atoms with Crippen LogP contribution in [0.5, 0.6) is 0 Å². The van der Waals surface area contributed by atoms with Crippen molar-refractivity contribution in [1.29, 1.82) is 0 Å². The molecule has 0 saturated carbocycles. The van der Waals surface area contributed by atoms with E-state index in [0.29, 0.717) is 0 Å². The molecule has 2 rings (SSSR count). The van der Waals surface area contributed by atoms with Crippen LogP contribution >= 0.6 is 0 Å². The molecule has 100 valence electrons. The minimum Gasteiger partial charge on any atom is -0.384 e. The van der Waals surface area contributed by atoms with Gasteiger partial charge in [0.05, 0.1) is 0 Å². The Morgan fingerprint density at radius 1 is 1.33 bits per heavy atom. The molecule has 1 aliphatic heterocycles. The number of rotatable bonds is 8. The van der Waals surface area contributed by atoms with Gasteiger partial charge in [-0.25, -0.2) is 0 Å².